The molecule has 0 saturated heterocycles. The van der Waals surface area contributed by atoms with Crippen LogP contribution in [0.5, 0.6) is 0 Å². The molecule has 0 bridgehead atoms. The van der Waals surface area contributed by atoms with E-state index in [1.165, 1.54) is 32.1 Å². The van der Waals surface area contributed by atoms with E-state index in [1.807, 2.05) is 0 Å². The Bertz CT molecular complexity index is 216. The van der Waals surface area contributed by atoms with Crippen molar-refractivity contribution in [3.8, 4) is 0 Å². The molecular weight excluding hydrogens is 238 g/mol. The summed E-state index contributed by atoms with van der Waals surface area (Å²) in [6, 6.07) is 0. The molecule has 0 aromatic carbocycles. The third-order valence-electron chi connectivity index (χ3n) is 2.15. The molecule has 0 N–H and O–H groups in total. The zero-order valence-electron chi connectivity index (χ0n) is 8.35. The SMILES string of the molecule is Cl.[Ni][C]1=CC=CC=CCCCCCC1. The average molecular weight is 256 g/mol. The quantitative estimate of drug-likeness (QED) is 0.567. The van der Waals surface area contributed by atoms with E-state index in [2.05, 4.69) is 30.4 Å². The molecule has 0 aliphatic heterocycles. The van der Waals surface area contributed by atoms with Gasteiger partial charge in [0.15, 0.2) is 0 Å². The standard InChI is InChI=1S/C12H17.ClH.Ni/c1-2-4-6-8-10-12-11-9-7-5-3-1;;/h1-5H,6,8-12H2;1H;. The van der Waals surface area contributed by atoms with Crippen molar-refractivity contribution in [1.29, 1.82) is 0 Å². The van der Waals surface area contributed by atoms with Gasteiger partial charge < -0.3 is 0 Å². The van der Waals surface area contributed by atoms with Gasteiger partial charge in [0.1, 0.15) is 0 Å². The Balaban J connectivity index is 0.00000169. The molecule has 0 amide bonds. The summed E-state index contributed by atoms with van der Waals surface area (Å²) in [5.41, 5.74) is 0. The van der Waals surface area contributed by atoms with Crippen LogP contribution in [0.2, 0.25) is 0 Å². The molecule has 2 heteroatoms. The van der Waals surface area contributed by atoms with Crippen molar-refractivity contribution in [1.82, 2.24) is 0 Å². The van der Waals surface area contributed by atoms with E-state index in [0.717, 1.165) is 11.0 Å². The molecule has 1 rings (SSSR count). The molecule has 1 aliphatic rings. The van der Waals surface area contributed by atoms with Crippen LogP contribution in [0, 0.1) is 0 Å². The van der Waals surface area contributed by atoms with Crippen LogP contribution in [0.15, 0.2) is 34.9 Å². The van der Waals surface area contributed by atoms with Gasteiger partial charge in [0.2, 0.25) is 0 Å². The van der Waals surface area contributed by atoms with Crippen molar-refractivity contribution < 1.29 is 15.5 Å². The molecule has 0 atom stereocenters. The molecule has 0 spiro atoms. The Kier molecular flexibility index (Phi) is 9.56. The summed E-state index contributed by atoms with van der Waals surface area (Å²) in [5, 5.41) is 0. The monoisotopic (exact) mass is 255 g/mol. The minimum atomic E-state index is 0. The van der Waals surface area contributed by atoms with Crippen LogP contribution in [0.3, 0.4) is 0 Å². The zero-order valence-corrected chi connectivity index (χ0v) is 10.2. The van der Waals surface area contributed by atoms with Crippen LogP contribution >= 0.6 is 12.4 Å². The molecule has 0 fully saturated rings. The van der Waals surface area contributed by atoms with Crippen molar-refractivity contribution >= 4 is 12.4 Å². The molecule has 0 heterocycles. The third kappa shape index (κ3) is 7.41. The Labute approximate surface area is 101 Å². The van der Waals surface area contributed by atoms with Crippen molar-refractivity contribution in [2.75, 3.05) is 0 Å². The van der Waals surface area contributed by atoms with Gasteiger partial charge in [-0.25, -0.2) is 0 Å². The zero-order chi connectivity index (χ0) is 9.36. The van der Waals surface area contributed by atoms with Gasteiger partial charge in [-0.3, -0.25) is 0 Å². The molecule has 0 nitrogen and oxygen atoms in total. The van der Waals surface area contributed by atoms with Crippen molar-refractivity contribution in [3.05, 3.63) is 34.9 Å². The van der Waals surface area contributed by atoms with Gasteiger partial charge in [0.25, 0.3) is 0 Å². The second-order valence-corrected chi connectivity index (χ2v) is 3.97. The maximum atomic E-state index is 4.91. The van der Waals surface area contributed by atoms with Gasteiger partial charge in [-0.15, -0.1) is 12.4 Å². The van der Waals surface area contributed by atoms with Gasteiger partial charge in [0, 0.05) is 0 Å². The summed E-state index contributed by atoms with van der Waals surface area (Å²) in [4.78, 5) is 0. The summed E-state index contributed by atoms with van der Waals surface area (Å²) in [6.07, 6.45) is 18.1. The first-order valence-corrected chi connectivity index (χ1v) is 5.54. The van der Waals surface area contributed by atoms with Gasteiger partial charge >= 0.3 is 88.9 Å². The van der Waals surface area contributed by atoms with E-state index >= 15 is 0 Å². The predicted octanol–water partition coefficient (Wildman–Crippen LogP) is 4.31. The molecule has 0 aromatic rings. The van der Waals surface area contributed by atoms with Crippen LogP contribution in [0.4, 0.5) is 0 Å². The summed E-state index contributed by atoms with van der Waals surface area (Å²) >= 11 is 4.91. The minimum absolute atomic E-state index is 0. The third-order valence-corrected chi connectivity index (χ3v) is 2.56. The predicted molar refractivity (Wildman–Crippen MR) is 61.3 cm³/mol. The fourth-order valence-corrected chi connectivity index (χ4v) is 1.64. The number of rotatable bonds is 0. The average Bonchev–Trinajstić information content (AvgIpc) is 2.11. The normalized spacial score (nSPS) is 18.9. The van der Waals surface area contributed by atoms with Gasteiger partial charge in [0.05, 0.1) is 0 Å². The van der Waals surface area contributed by atoms with Crippen molar-refractivity contribution in [2.24, 2.45) is 0 Å². The molecule has 1 aliphatic carbocycles. The van der Waals surface area contributed by atoms with E-state index < -0.39 is 0 Å². The van der Waals surface area contributed by atoms with Crippen molar-refractivity contribution in [3.63, 3.8) is 0 Å². The Morgan fingerprint density at radius 1 is 0.929 bits per heavy atom. The van der Waals surface area contributed by atoms with Gasteiger partial charge in [-0.05, 0) is 0 Å². The first-order valence-electron chi connectivity index (χ1n) is 5.04. The van der Waals surface area contributed by atoms with E-state index in [9.17, 15) is 0 Å². The number of hydrogen-bond donors (Lipinski definition) is 0. The van der Waals surface area contributed by atoms with E-state index in [1.54, 1.807) is 0 Å². The Morgan fingerprint density at radius 2 is 1.71 bits per heavy atom. The van der Waals surface area contributed by atoms with Crippen LogP contribution in [0.1, 0.15) is 38.5 Å². The van der Waals surface area contributed by atoms with Crippen molar-refractivity contribution in [2.45, 2.75) is 38.5 Å². The second-order valence-electron chi connectivity index (χ2n) is 3.34. The molecule has 83 valence electrons. The van der Waals surface area contributed by atoms with Crippen LogP contribution < -0.4 is 0 Å². The van der Waals surface area contributed by atoms with Gasteiger partial charge in [-0.1, -0.05) is 0 Å². The Morgan fingerprint density at radius 3 is 2.57 bits per heavy atom. The Hall–Kier alpha value is 0.00351. The van der Waals surface area contributed by atoms with Crippen LogP contribution in [0.25, 0.3) is 0 Å². The molecule has 14 heavy (non-hydrogen) atoms. The molecule has 0 unspecified atom stereocenters. The number of halogens is 1. The fraction of sp³-hybridized carbons (Fsp3) is 0.500. The number of hydrogen-bond acceptors (Lipinski definition) is 0. The molecular formula is C12H18ClNi. The van der Waals surface area contributed by atoms with E-state index in [4.69, 9.17) is 15.5 Å². The maximum absolute atomic E-state index is 4.91. The first kappa shape index (κ1) is 14.0. The molecule has 0 aromatic heterocycles. The summed E-state index contributed by atoms with van der Waals surface area (Å²) in [5.74, 6) is 0. The van der Waals surface area contributed by atoms with Crippen LogP contribution in [-0.4, -0.2) is 0 Å². The summed E-state index contributed by atoms with van der Waals surface area (Å²) in [7, 11) is 0. The topological polar surface area (TPSA) is 0 Å². The second kappa shape index (κ2) is 9.55. The molecule has 0 radical (unpaired) electrons. The summed E-state index contributed by atoms with van der Waals surface area (Å²) in [6.45, 7) is 0. The van der Waals surface area contributed by atoms with E-state index in [0.29, 0.717) is 0 Å². The molecule has 0 saturated carbocycles. The van der Waals surface area contributed by atoms with Gasteiger partial charge in [-0.2, -0.15) is 0 Å². The fourth-order valence-electron chi connectivity index (χ4n) is 1.38. The number of allylic oxidation sites excluding steroid dienone is 6. The first-order chi connectivity index (χ1) is 6.39. The van der Waals surface area contributed by atoms with E-state index in [-0.39, 0.29) is 12.4 Å². The van der Waals surface area contributed by atoms with Crippen LogP contribution in [-0.2, 0) is 15.5 Å². The summed E-state index contributed by atoms with van der Waals surface area (Å²) < 4.78 is 1.13.